The predicted molar refractivity (Wildman–Crippen MR) is 189 cm³/mol. The van der Waals surface area contributed by atoms with Crippen molar-refractivity contribution in [2.24, 2.45) is 0 Å². The third kappa shape index (κ3) is 6.63. The number of nitrogens with zero attached hydrogens (tertiary/aromatic N) is 6. The summed E-state index contributed by atoms with van der Waals surface area (Å²) in [4.78, 5) is 48.2. The Hall–Kier alpha value is -4.62. The number of aromatic nitrogens is 2. The van der Waals surface area contributed by atoms with Crippen molar-refractivity contribution < 1.29 is 28.6 Å². The van der Waals surface area contributed by atoms with Gasteiger partial charge in [0, 0.05) is 66.6 Å². The number of anilines is 3. The molecule has 3 aliphatic heterocycles. The van der Waals surface area contributed by atoms with Crippen molar-refractivity contribution in [1.29, 1.82) is 0 Å². The fourth-order valence-electron chi connectivity index (χ4n) is 6.52. The summed E-state index contributed by atoms with van der Waals surface area (Å²) in [5.74, 6) is -2.02. The number of urea groups is 1. The first kappa shape index (κ1) is 33.9. The number of imidazole rings is 1. The molecule has 2 atom stereocenters. The van der Waals surface area contributed by atoms with Crippen LogP contribution < -0.4 is 19.4 Å². The van der Waals surface area contributed by atoms with Crippen LogP contribution in [0.25, 0.3) is 0 Å². The van der Waals surface area contributed by atoms with Gasteiger partial charge in [-0.15, -0.1) is 0 Å². The number of carbonyl (C=O) groups excluding carboxylic acids is 3. The van der Waals surface area contributed by atoms with Gasteiger partial charge in [-0.05, 0) is 74.5 Å². The summed E-state index contributed by atoms with van der Waals surface area (Å²) in [7, 11) is 0. The number of carbonyl (C=O) groups is 3. The highest BCUT2D eigenvalue weighted by Crippen LogP contribution is 2.40. The number of piperazine rings is 1. The number of hydrogen-bond donors (Lipinski definition) is 0. The Morgan fingerprint density at radius 3 is 2.10 bits per heavy atom. The third-order valence-corrected chi connectivity index (χ3v) is 9.61. The van der Waals surface area contributed by atoms with E-state index in [1.807, 2.05) is 41.1 Å². The molecule has 3 fully saturated rings. The van der Waals surface area contributed by atoms with Gasteiger partial charge in [0.2, 0.25) is 5.79 Å². The van der Waals surface area contributed by atoms with Gasteiger partial charge in [0.25, 0.3) is 0 Å². The Morgan fingerprint density at radius 1 is 0.880 bits per heavy atom. The van der Waals surface area contributed by atoms with Crippen LogP contribution >= 0.6 is 23.2 Å². The minimum absolute atomic E-state index is 0.292. The van der Waals surface area contributed by atoms with Crippen LogP contribution in [0.2, 0.25) is 10.0 Å². The van der Waals surface area contributed by atoms with E-state index in [9.17, 15) is 14.4 Å². The van der Waals surface area contributed by atoms with Crippen LogP contribution in [0.1, 0.15) is 19.4 Å². The molecule has 0 bridgehead atoms. The topological polar surface area (TPSA) is 110 Å². The highest BCUT2D eigenvalue weighted by atomic mass is 35.5. The zero-order valence-electron chi connectivity index (χ0n) is 27.6. The third-order valence-electron chi connectivity index (χ3n) is 9.06. The number of rotatable bonds is 10. The molecule has 0 aliphatic carbocycles. The fourth-order valence-corrected chi connectivity index (χ4v) is 7.07. The Kier molecular flexibility index (Phi) is 9.44. The molecule has 0 N–H and O–H groups in total. The van der Waals surface area contributed by atoms with Crippen molar-refractivity contribution in [3.63, 3.8) is 0 Å². The van der Waals surface area contributed by atoms with Crippen molar-refractivity contribution in [3.8, 4) is 5.75 Å². The van der Waals surface area contributed by atoms with E-state index < -0.39 is 29.7 Å². The van der Waals surface area contributed by atoms with E-state index in [2.05, 4.69) is 26.9 Å². The van der Waals surface area contributed by atoms with Crippen molar-refractivity contribution >= 4 is 58.1 Å². The molecule has 4 aromatic rings. The van der Waals surface area contributed by atoms with Crippen LogP contribution in [-0.4, -0.2) is 83.8 Å². The van der Waals surface area contributed by atoms with Crippen molar-refractivity contribution in [3.05, 3.63) is 101 Å². The van der Waals surface area contributed by atoms with Crippen LogP contribution in [0.4, 0.5) is 21.9 Å². The maximum Gasteiger partial charge on any atom is 0.339 e. The van der Waals surface area contributed by atoms with E-state index in [4.69, 9.17) is 37.4 Å². The molecule has 12 nitrogen and oxygen atoms in total. The van der Waals surface area contributed by atoms with Gasteiger partial charge in [0.15, 0.2) is 0 Å². The van der Waals surface area contributed by atoms with Crippen molar-refractivity contribution in [2.45, 2.75) is 38.3 Å². The van der Waals surface area contributed by atoms with E-state index >= 15 is 0 Å². The number of amides is 4. The first-order valence-corrected chi connectivity index (χ1v) is 17.1. The molecule has 3 saturated heterocycles. The SMILES string of the molecule is CC(C)N1C(=O)C(=O)N(c2ccc(N3CCN(c4ccc(OC[C@@H]5CO[C@@](Cn6ccnc6)(c6ccc(Cl)cc6Cl)O5)cc4)CC3)cc2)C1=O. The lowest BCUT2D eigenvalue weighted by atomic mass is 10.1. The van der Waals surface area contributed by atoms with Crippen LogP contribution in [-0.2, 0) is 31.4 Å². The van der Waals surface area contributed by atoms with Gasteiger partial charge in [0.05, 0.1) is 30.2 Å². The molecule has 0 saturated carbocycles. The van der Waals surface area contributed by atoms with Crippen LogP contribution in [0.3, 0.4) is 0 Å². The maximum atomic E-state index is 12.7. The van der Waals surface area contributed by atoms with Crippen LogP contribution in [0.15, 0.2) is 85.5 Å². The average Bonchev–Trinajstić information content (AvgIpc) is 3.83. The molecule has 50 heavy (non-hydrogen) atoms. The van der Waals surface area contributed by atoms with E-state index in [-0.39, 0.29) is 6.10 Å². The molecule has 0 spiro atoms. The molecule has 4 heterocycles. The van der Waals surface area contributed by atoms with Gasteiger partial charge in [0.1, 0.15) is 18.5 Å². The van der Waals surface area contributed by atoms with Gasteiger partial charge >= 0.3 is 17.8 Å². The number of imide groups is 2. The summed E-state index contributed by atoms with van der Waals surface area (Å²) in [5, 5.41) is 0.985. The highest BCUT2D eigenvalue weighted by molar-refractivity contribution is 6.52. The maximum absolute atomic E-state index is 12.7. The smallest absolute Gasteiger partial charge is 0.339 e. The minimum Gasteiger partial charge on any atom is -0.491 e. The zero-order chi connectivity index (χ0) is 35.0. The van der Waals surface area contributed by atoms with Crippen molar-refractivity contribution in [1.82, 2.24) is 14.5 Å². The van der Waals surface area contributed by atoms with E-state index in [1.165, 1.54) is 0 Å². The molecule has 4 amide bonds. The zero-order valence-corrected chi connectivity index (χ0v) is 29.1. The van der Waals surface area contributed by atoms with Gasteiger partial charge < -0.3 is 28.6 Å². The molecule has 3 aliphatic rings. The molecular weight excluding hydrogens is 683 g/mol. The molecule has 260 valence electrons. The highest BCUT2D eigenvalue weighted by Gasteiger charge is 2.47. The summed E-state index contributed by atoms with van der Waals surface area (Å²) in [6, 6.07) is 19.5. The lowest BCUT2D eigenvalue weighted by molar-refractivity contribution is -0.189. The Balaban J connectivity index is 0.924. The second-order valence-corrected chi connectivity index (χ2v) is 13.5. The van der Waals surface area contributed by atoms with E-state index in [0.29, 0.717) is 41.1 Å². The number of hydrogen-bond acceptors (Lipinski definition) is 9. The molecule has 7 rings (SSSR count). The minimum atomic E-state index is -1.12. The summed E-state index contributed by atoms with van der Waals surface area (Å²) in [5.41, 5.74) is 3.14. The number of halogens is 2. The molecule has 3 aromatic carbocycles. The largest absolute Gasteiger partial charge is 0.491 e. The fraction of sp³-hybridized carbons (Fsp3) is 0.333. The van der Waals surface area contributed by atoms with E-state index in [1.54, 1.807) is 50.6 Å². The lowest BCUT2D eigenvalue weighted by Crippen LogP contribution is -2.46. The molecule has 14 heteroatoms. The predicted octanol–water partition coefficient (Wildman–Crippen LogP) is 5.57. The second-order valence-electron chi connectivity index (χ2n) is 12.7. The molecule has 0 radical (unpaired) electrons. The Morgan fingerprint density at radius 2 is 1.52 bits per heavy atom. The quantitative estimate of drug-likeness (QED) is 0.154. The Bertz CT molecular complexity index is 1860. The lowest BCUT2D eigenvalue weighted by Gasteiger charge is -2.37. The number of ether oxygens (including phenoxy) is 3. The average molecular weight is 720 g/mol. The first-order chi connectivity index (χ1) is 24.1. The second kappa shape index (κ2) is 13.9. The standard InChI is InChI=1S/C36H36Cl2N6O6/c1-24(2)43-33(45)34(46)44(35(43)47)28-6-4-26(5-7-28)41-15-17-42(18-16-41)27-8-10-29(11-9-27)48-20-30-21-49-36(50-30,22-40-14-13-39-23-40)31-12-3-25(37)19-32(31)38/h3-14,19,23-24,30H,15-18,20-22H2,1-2H3/t30-,36-/m1/s1. The van der Waals surface area contributed by atoms with E-state index in [0.717, 1.165) is 53.1 Å². The molecule has 1 aromatic heterocycles. The van der Waals surface area contributed by atoms with Gasteiger partial charge in [-0.3, -0.25) is 14.5 Å². The molecule has 0 unspecified atom stereocenters. The molecular formula is C36H36Cl2N6O6. The monoisotopic (exact) mass is 718 g/mol. The van der Waals surface area contributed by atoms with Gasteiger partial charge in [-0.1, -0.05) is 29.3 Å². The van der Waals surface area contributed by atoms with Gasteiger partial charge in [-0.2, -0.15) is 0 Å². The summed E-state index contributed by atoms with van der Waals surface area (Å²) in [6.45, 7) is 7.57. The summed E-state index contributed by atoms with van der Waals surface area (Å²) < 4.78 is 20.8. The normalized spacial score (nSPS) is 21.2. The van der Waals surface area contributed by atoms with Gasteiger partial charge in [-0.25, -0.2) is 14.7 Å². The number of benzene rings is 3. The Labute approximate surface area is 299 Å². The first-order valence-electron chi connectivity index (χ1n) is 16.4. The van der Waals surface area contributed by atoms with Crippen LogP contribution in [0, 0.1) is 0 Å². The van der Waals surface area contributed by atoms with Crippen LogP contribution in [0.5, 0.6) is 5.75 Å². The van der Waals surface area contributed by atoms with Crippen molar-refractivity contribution in [2.75, 3.05) is 54.1 Å². The summed E-state index contributed by atoms with van der Waals surface area (Å²) in [6.07, 6.45) is 4.91. The summed E-state index contributed by atoms with van der Waals surface area (Å²) >= 11 is 12.8.